The molecule has 1 rings (SSSR count). The maximum atomic E-state index is 11.0. The van der Waals surface area contributed by atoms with Gasteiger partial charge in [0.1, 0.15) is 12.3 Å². The Balaban J connectivity index is 2.77. The fourth-order valence-corrected chi connectivity index (χ4v) is 1.69. The first-order valence-electron chi connectivity index (χ1n) is 4.58. The topological polar surface area (TPSA) is 104 Å². The minimum Gasteiger partial charge on any atom is -0.464 e. The number of hydrogen-bond donors (Lipinski definition) is 2. The van der Waals surface area contributed by atoms with Crippen molar-refractivity contribution >= 4 is 18.3 Å². The molecule has 0 aliphatic carbocycles. The molecule has 1 heterocycles. The molecule has 2 amide bonds. The van der Waals surface area contributed by atoms with Gasteiger partial charge in [0.2, 0.25) is 5.91 Å². The van der Waals surface area contributed by atoms with Crippen LogP contribution in [-0.4, -0.2) is 52.5 Å². The summed E-state index contributed by atoms with van der Waals surface area (Å²) in [5.74, 6) is -0.565. The van der Waals surface area contributed by atoms with Crippen molar-refractivity contribution in [1.82, 2.24) is 10.0 Å². The highest BCUT2D eigenvalue weighted by Gasteiger charge is 2.35. The Morgan fingerprint density at radius 2 is 2.27 bits per heavy atom. The molecule has 1 unspecified atom stereocenters. The van der Waals surface area contributed by atoms with E-state index in [1.807, 2.05) is 0 Å². The van der Waals surface area contributed by atoms with Crippen LogP contribution < -0.4 is 5.73 Å². The minimum atomic E-state index is -1.25. The second kappa shape index (κ2) is 4.74. The molecule has 0 aromatic rings. The van der Waals surface area contributed by atoms with Gasteiger partial charge in [0.05, 0.1) is 6.54 Å². The van der Waals surface area contributed by atoms with Gasteiger partial charge in [-0.3, -0.25) is 4.79 Å². The zero-order valence-corrected chi connectivity index (χ0v) is 8.13. The van der Waals surface area contributed by atoms with E-state index in [4.69, 9.17) is 10.8 Å². The molecule has 1 atom stereocenters. The van der Waals surface area contributed by atoms with E-state index >= 15 is 0 Å². The Hall–Kier alpha value is -1.63. The Labute approximate surface area is 86.4 Å². The van der Waals surface area contributed by atoms with E-state index in [1.165, 1.54) is 5.01 Å². The molecule has 3 N–H and O–H groups in total. The molecule has 0 saturated carbocycles. The van der Waals surface area contributed by atoms with Crippen molar-refractivity contribution < 1.29 is 19.5 Å². The molecule has 0 aromatic carbocycles. The van der Waals surface area contributed by atoms with E-state index in [-0.39, 0.29) is 6.54 Å². The molecule has 0 spiro atoms. The SMILES string of the molecule is NC(=O)C1CCCN1N(CC=O)C(=O)O. The summed E-state index contributed by atoms with van der Waals surface area (Å²) >= 11 is 0. The lowest BCUT2D eigenvalue weighted by Crippen LogP contribution is -2.53. The quantitative estimate of drug-likeness (QED) is 0.587. The summed E-state index contributed by atoms with van der Waals surface area (Å²) in [7, 11) is 0. The normalized spacial score (nSPS) is 21.2. The van der Waals surface area contributed by atoms with Gasteiger partial charge in [-0.2, -0.15) is 0 Å². The molecule has 1 fully saturated rings. The molecule has 0 bridgehead atoms. The lowest BCUT2D eigenvalue weighted by molar-refractivity contribution is -0.129. The first-order valence-corrected chi connectivity index (χ1v) is 4.58. The molecule has 1 aliphatic heterocycles. The third-order valence-electron chi connectivity index (χ3n) is 2.33. The lowest BCUT2D eigenvalue weighted by Gasteiger charge is -2.31. The number of hydrogen-bond acceptors (Lipinski definition) is 4. The second-order valence-electron chi connectivity index (χ2n) is 3.25. The van der Waals surface area contributed by atoms with Crippen LogP contribution in [0.1, 0.15) is 12.8 Å². The Morgan fingerprint density at radius 3 is 2.73 bits per heavy atom. The molecule has 0 aromatic heterocycles. The van der Waals surface area contributed by atoms with Crippen LogP contribution in [-0.2, 0) is 9.59 Å². The lowest BCUT2D eigenvalue weighted by atomic mass is 10.2. The molecular weight excluding hydrogens is 202 g/mol. The van der Waals surface area contributed by atoms with Gasteiger partial charge < -0.3 is 15.6 Å². The van der Waals surface area contributed by atoms with Crippen molar-refractivity contribution in [2.24, 2.45) is 5.73 Å². The van der Waals surface area contributed by atoms with Gasteiger partial charge in [-0.25, -0.2) is 14.8 Å². The summed E-state index contributed by atoms with van der Waals surface area (Å²) in [6.07, 6.45) is 0.439. The Morgan fingerprint density at radius 1 is 1.60 bits per heavy atom. The molecule has 7 heteroatoms. The van der Waals surface area contributed by atoms with Crippen molar-refractivity contribution in [1.29, 1.82) is 0 Å². The summed E-state index contributed by atoms with van der Waals surface area (Å²) in [6, 6.07) is -0.624. The average molecular weight is 215 g/mol. The number of aldehydes is 1. The summed E-state index contributed by atoms with van der Waals surface area (Å²) in [5.41, 5.74) is 5.13. The van der Waals surface area contributed by atoms with E-state index in [2.05, 4.69) is 0 Å². The average Bonchev–Trinajstić information content (AvgIpc) is 2.61. The largest absolute Gasteiger partial charge is 0.464 e. The van der Waals surface area contributed by atoms with E-state index < -0.39 is 18.0 Å². The van der Waals surface area contributed by atoms with Crippen LogP contribution in [0.2, 0.25) is 0 Å². The molecule has 7 nitrogen and oxygen atoms in total. The third kappa shape index (κ3) is 2.44. The monoisotopic (exact) mass is 215 g/mol. The van der Waals surface area contributed by atoms with Crippen molar-refractivity contribution in [3.05, 3.63) is 0 Å². The van der Waals surface area contributed by atoms with Crippen LogP contribution in [0.4, 0.5) is 4.79 Å². The maximum Gasteiger partial charge on any atom is 0.422 e. The smallest absolute Gasteiger partial charge is 0.422 e. The summed E-state index contributed by atoms with van der Waals surface area (Å²) < 4.78 is 0. The van der Waals surface area contributed by atoms with Crippen LogP contribution in [0.3, 0.4) is 0 Å². The number of hydrazine groups is 1. The van der Waals surface area contributed by atoms with Gasteiger partial charge in [0.15, 0.2) is 0 Å². The van der Waals surface area contributed by atoms with Gasteiger partial charge in [-0.05, 0) is 12.8 Å². The minimum absolute atomic E-state index is 0.279. The van der Waals surface area contributed by atoms with Crippen LogP contribution >= 0.6 is 0 Å². The van der Waals surface area contributed by atoms with Crippen LogP contribution in [0.5, 0.6) is 0 Å². The molecule has 1 aliphatic rings. The fourth-order valence-electron chi connectivity index (χ4n) is 1.69. The number of primary amides is 1. The molecular formula is C8H13N3O4. The Bertz CT molecular complexity index is 281. The summed E-state index contributed by atoms with van der Waals surface area (Å²) in [5, 5.41) is 11.0. The van der Waals surface area contributed by atoms with Crippen molar-refractivity contribution in [2.75, 3.05) is 13.1 Å². The zero-order valence-electron chi connectivity index (χ0n) is 8.13. The summed E-state index contributed by atoms with van der Waals surface area (Å²) in [6.45, 7) is 0.146. The van der Waals surface area contributed by atoms with E-state index in [9.17, 15) is 14.4 Å². The molecule has 84 valence electrons. The predicted octanol–water partition coefficient (Wildman–Crippen LogP) is -0.970. The first-order chi connectivity index (χ1) is 7.07. The van der Waals surface area contributed by atoms with Gasteiger partial charge >= 0.3 is 6.09 Å². The van der Waals surface area contributed by atoms with Gasteiger partial charge in [0, 0.05) is 6.54 Å². The van der Waals surface area contributed by atoms with Crippen molar-refractivity contribution in [3.63, 3.8) is 0 Å². The van der Waals surface area contributed by atoms with Gasteiger partial charge in [-0.15, -0.1) is 0 Å². The standard InChI is InChI=1S/C8H13N3O4/c9-7(13)6-2-1-3-10(6)11(4-5-12)8(14)15/h5-6H,1-4H2,(H2,9,13)(H,14,15). The predicted molar refractivity (Wildman–Crippen MR) is 49.7 cm³/mol. The van der Waals surface area contributed by atoms with Crippen LogP contribution in [0, 0.1) is 0 Å². The van der Waals surface area contributed by atoms with E-state index in [1.54, 1.807) is 0 Å². The number of nitrogens with two attached hydrogens (primary N) is 1. The number of nitrogens with zero attached hydrogens (tertiary/aromatic N) is 2. The molecule has 0 radical (unpaired) electrons. The second-order valence-corrected chi connectivity index (χ2v) is 3.25. The highest BCUT2D eigenvalue weighted by molar-refractivity contribution is 5.80. The van der Waals surface area contributed by atoms with Crippen LogP contribution in [0.15, 0.2) is 0 Å². The zero-order chi connectivity index (χ0) is 11.4. The highest BCUT2D eigenvalue weighted by atomic mass is 16.4. The van der Waals surface area contributed by atoms with Gasteiger partial charge in [0.25, 0.3) is 0 Å². The first kappa shape index (κ1) is 11.4. The van der Waals surface area contributed by atoms with Crippen LogP contribution in [0.25, 0.3) is 0 Å². The fraction of sp³-hybridized carbons (Fsp3) is 0.625. The number of carbonyl (C=O) groups is 3. The third-order valence-corrected chi connectivity index (χ3v) is 2.33. The number of carboxylic acid groups (broad SMARTS) is 1. The van der Waals surface area contributed by atoms with Crippen molar-refractivity contribution in [2.45, 2.75) is 18.9 Å². The number of amides is 2. The van der Waals surface area contributed by atoms with E-state index in [0.717, 1.165) is 5.01 Å². The Kier molecular flexibility index (Phi) is 3.62. The molecule has 15 heavy (non-hydrogen) atoms. The highest BCUT2D eigenvalue weighted by Crippen LogP contribution is 2.18. The van der Waals surface area contributed by atoms with Crippen molar-refractivity contribution in [3.8, 4) is 0 Å². The number of carbonyl (C=O) groups excluding carboxylic acids is 2. The summed E-state index contributed by atoms with van der Waals surface area (Å²) in [4.78, 5) is 32.1. The van der Waals surface area contributed by atoms with E-state index in [0.29, 0.717) is 25.7 Å². The van der Waals surface area contributed by atoms with Gasteiger partial charge in [-0.1, -0.05) is 0 Å². The maximum absolute atomic E-state index is 11.0. The molecule has 1 saturated heterocycles. The number of rotatable bonds is 4.